The molecule has 0 aliphatic carbocycles. The van der Waals surface area contributed by atoms with Crippen molar-refractivity contribution in [3.63, 3.8) is 0 Å². The number of H-pyrrole nitrogens is 1. The average Bonchev–Trinajstić information content (AvgIpc) is 3.22. The number of nitrogens with zero attached hydrogens (tertiary/aromatic N) is 2. The van der Waals surface area contributed by atoms with E-state index in [0.717, 1.165) is 35.5 Å². The van der Waals surface area contributed by atoms with E-state index in [1.165, 1.54) is 18.4 Å². The Balaban J connectivity index is 1.50. The number of carbonyl (C=O) groups excluding carboxylic acids is 1. The lowest BCUT2D eigenvalue weighted by atomic mass is 9.90. The van der Waals surface area contributed by atoms with Crippen molar-refractivity contribution in [3.8, 4) is 11.3 Å². The summed E-state index contributed by atoms with van der Waals surface area (Å²) in [5, 5.41) is 10.7. The Labute approximate surface area is 165 Å². The zero-order valence-electron chi connectivity index (χ0n) is 16.2. The van der Waals surface area contributed by atoms with Crippen LogP contribution < -0.4 is 5.32 Å². The number of hydrogen-bond donors (Lipinski definition) is 2. The first kappa shape index (κ1) is 18.4. The van der Waals surface area contributed by atoms with E-state index in [0.29, 0.717) is 12.5 Å². The number of amides is 1. The molecule has 0 radical (unpaired) electrons. The van der Waals surface area contributed by atoms with Gasteiger partial charge < -0.3 is 10.2 Å². The van der Waals surface area contributed by atoms with Crippen LogP contribution in [0.25, 0.3) is 11.3 Å². The number of piperidine rings is 1. The van der Waals surface area contributed by atoms with E-state index < -0.39 is 0 Å². The van der Waals surface area contributed by atoms with Crippen LogP contribution in [-0.2, 0) is 6.54 Å². The minimum Gasteiger partial charge on any atom is -0.337 e. The molecular weight excluding hydrogens is 348 g/mol. The molecule has 1 atom stereocenters. The summed E-state index contributed by atoms with van der Waals surface area (Å²) in [5.41, 5.74) is 5.04. The lowest BCUT2D eigenvalue weighted by Gasteiger charge is -2.24. The van der Waals surface area contributed by atoms with E-state index >= 15 is 0 Å². The second-order valence-corrected chi connectivity index (χ2v) is 7.47. The molecule has 1 aliphatic rings. The maximum Gasteiger partial charge on any atom is 0.253 e. The highest BCUT2D eigenvalue weighted by Crippen LogP contribution is 2.25. The SMILES string of the molecule is CN(Cc1cn[nH]c1-c1ccccc1)C(=O)c1cccc([C@H]2CCCNC2)c1. The highest BCUT2D eigenvalue weighted by Gasteiger charge is 2.19. The van der Waals surface area contributed by atoms with Crippen molar-refractivity contribution >= 4 is 5.91 Å². The van der Waals surface area contributed by atoms with Gasteiger partial charge in [-0.05, 0) is 48.6 Å². The summed E-state index contributed by atoms with van der Waals surface area (Å²) in [4.78, 5) is 14.8. The van der Waals surface area contributed by atoms with Crippen molar-refractivity contribution < 1.29 is 4.79 Å². The van der Waals surface area contributed by atoms with Gasteiger partial charge in [-0.1, -0.05) is 42.5 Å². The van der Waals surface area contributed by atoms with Gasteiger partial charge in [0.05, 0.1) is 11.9 Å². The van der Waals surface area contributed by atoms with Crippen molar-refractivity contribution in [3.05, 3.63) is 77.5 Å². The molecule has 0 saturated carbocycles. The molecule has 1 aromatic heterocycles. The fraction of sp³-hybridized carbons (Fsp3) is 0.304. The maximum absolute atomic E-state index is 13.0. The van der Waals surface area contributed by atoms with E-state index in [1.54, 1.807) is 11.1 Å². The van der Waals surface area contributed by atoms with Gasteiger partial charge in [0.2, 0.25) is 0 Å². The Morgan fingerprint density at radius 3 is 2.82 bits per heavy atom. The van der Waals surface area contributed by atoms with Crippen LogP contribution in [0.4, 0.5) is 0 Å². The lowest BCUT2D eigenvalue weighted by Crippen LogP contribution is -2.29. The Hall–Kier alpha value is -2.92. The number of aromatic amines is 1. The van der Waals surface area contributed by atoms with Gasteiger partial charge in [0.1, 0.15) is 0 Å². The molecule has 3 aromatic rings. The Kier molecular flexibility index (Phi) is 5.53. The third kappa shape index (κ3) is 3.99. The van der Waals surface area contributed by atoms with Crippen LogP contribution in [0, 0.1) is 0 Å². The minimum absolute atomic E-state index is 0.0332. The van der Waals surface area contributed by atoms with Crippen LogP contribution >= 0.6 is 0 Å². The molecule has 1 aliphatic heterocycles. The normalized spacial score (nSPS) is 16.7. The van der Waals surface area contributed by atoms with Gasteiger partial charge in [0.25, 0.3) is 5.91 Å². The second-order valence-electron chi connectivity index (χ2n) is 7.47. The summed E-state index contributed by atoms with van der Waals surface area (Å²) in [6, 6.07) is 18.2. The van der Waals surface area contributed by atoms with Crippen LogP contribution in [0.3, 0.4) is 0 Å². The summed E-state index contributed by atoms with van der Waals surface area (Å²) in [6.07, 6.45) is 4.16. The van der Waals surface area contributed by atoms with Crippen molar-refractivity contribution in [2.75, 3.05) is 20.1 Å². The molecule has 144 valence electrons. The van der Waals surface area contributed by atoms with Crippen molar-refractivity contribution in [1.29, 1.82) is 0 Å². The largest absolute Gasteiger partial charge is 0.337 e. The van der Waals surface area contributed by atoms with E-state index in [2.05, 4.69) is 27.6 Å². The van der Waals surface area contributed by atoms with Gasteiger partial charge in [-0.3, -0.25) is 9.89 Å². The topological polar surface area (TPSA) is 61.0 Å². The zero-order valence-corrected chi connectivity index (χ0v) is 16.2. The highest BCUT2D eigenvalue weighted by molar-refractivity contribution is 5.94. The molecule has 0 unspecified atom stereocenters. The quantitative estimate of drug-likeness (QED) is 0.714. The molecule has 0 spiro atoms. The highest BCUT2D eigenvalue weighted by atomic mass is 16.2. The number of nitrogens with one attached hydrogen (secondary N) is 2. The number of benzene rings is 2. The first-order valence-electron chi connectivity index (χ1n) is 9.86. The zero-order chi connectivity index (χ0) is 19.3. The van der Waals surface area contributed by atoms with Gasteiger partial charge in [0.15, 0.2) is 0 Å². The summed E-state index contributed by atoms with van der Waals surface area (Å²) in [5.74, 6) is 0.524. The Morgan fingerprint density at radius 1 is 1.18 bits per heavy atom. The first-order chi connectivity index (χ1) is 13.7. The monoisotopic (exact) mass is 374 g/mol. The Bertz CT molecular complexity index is 929. The maximum atomic E-state index is 13.0. The van der Waals surface area contributed by atoms with E-state index in [-0.39, 0.29) is 5.91 Å². The number of rotatable bonds is 5. The minimum atomic E-state index is 0.0332. The van der Waals surface area contributed by atoms with Gasteiger partial charge in [0, 0.05) is 31.3 Å². The summed E-state index contributed by atoms with van der Waals surface area (Å²) < 4.78 is 0. The fourth-order valence-electron chi connectivity index (χ4n) is 3.90. The molecular formula is C23H26N4O. The van der Waals surface area contributed by atoms with Crippen molar-refractivity contribution in [2.45, 2.75) is 25.3 Å². The number of hydrogen-bond acceptors (Lipinski definition) is 3. The predicted octanol–water partition coefficient (Wildman–Crippen LogP) is 3.82. The average molecular weight is 374 g/mol. The van der Waals surface area contributed by atoms with Gasteiger partial charge in [-0.25, -0.2) is 0 Å². The molecule has 2 heterocycles. The lowest BCUT2D eigenvalue weighted by molar-refractivity contribution is 0.0785. The first-order valence-corrected chi connectivity index (χ1v) is 9.86. The third-order valence-electron chi connectivity index (χ3n) is 5.44. The Morgan fingerprint density at radius 2 is 2.04 bits per heavy atom. The van der Waals surface area contributed by atoms with Crippen LogP contribution in [0.5, 0.6) is 0 Å². The summed E-state index contributed by atoms with van der Waals surface area (Å²) in [6.45, 7) is 2.59. The van der Waals surface area contributed by atoms with E-state index in [1.807, 2.05) is 49.5 Å². The molecule has 1 fully saturated rings. The van der Waals surface area contributed by atoms with E-state index in [4.69, 9.17) is 0 Å². The fourth-order valence-corrected chi connectivity index (χ4v) is 3.90. The van der Waals surface area contributed by atoms with Gasteiger partial charge >= 0.3 is 0 Å². The number of carbonyl (C=O) groups is 1. The predicted molar refractivity (Wildman–Crippen MR) is 111 cm³/mol. The molecule has 0 bridgehead atoms. The molecule has 2 aromatic carbocycles. The smallest absolute Gasteiger partial charge is 0.253 e. The van der Waals surface area contributed by atoms with Crippen LogP contribution in [0.1, 0.15) is 40.2 Å². The molecule has 5 nitrogen and oxygen atoms in total. The summed E-state index contributed by atoms with van der Waals surface area (Å²) in [7, 11) is 1.85. The molecule has 4 rings (SSSR count). The van der Waals surface area contributed by atoms with Crippen molar-refractivity contribution in [1.82, 2.24) is 20.4 Å². The van der Waals surface area contributed by atoms with Crippen LogP contribution in [-0.4, -0.2) is 41.1 Å². The standard InChI is InChI=1S/C23H26N4O/c1-27(16-21-15-25-26-22(21)17-7-3-2-4-8-17)23(28)19-10-5-9-18(13-19)20-11-6-12-24-14-20/h2-5,7-10,13,15,20,24H,6,11-12,14,16H2,1H3,(H,25,26)/t20-/m0/s1. The van der Waals surface area contributed by atoms with Gasteiger partial charge in [-0.15, -0.1) is 0 Å². The van der Waals surface area contributed by atoms with Crippen molar-refractivity contribution in [2.24, 2.45) is 0 Å². The van der Waals surface area contributed by atoms with Crippen LogP contribution in [0.15, 0.2) is 60.8 Å². The molecule has 28 heavy (non-hydrogen) atoms. The van der Waals surface area contributed by atoms with E-state index in [9.17, 15) is 4.79 Å². The molecule has 5 heteroatoms. The summed E-state index contributed by atoms with van der Waals surface area (Å²) >= 11 is 0. The molecule has 1 amide bonds. The number of aromatic nitrogens is 2. The second kappa shape index (κ2) is 8.40. The molecule has 1 saturated heterocycles. The van der Waals surface area contributed by atoms with Crippen LogP contribution in [0.2, 0.25) is 0 Å². The third-order valence-corrected chi connectivity index (χ3v) is 5.44. The molecule has 2 N–H and O–H groups in total. The van der Waals surface area contributed by atoms with Gasteiger partial charge in [-0.2, -0.15) is 5.10 Å².